The van der Waals surface area contributed by atoms with Crippen molar-refractivity contribution in [1.29, 1.82) is 0 Å². The lowest BCUT2D eigenvalue weighted by Gasteiger charge is -2.15. The summed E-state index contributed by atoms with van der Waals surface area (Å²) >= 11 is 5.15. The minimum atomic E-state index is 0.176. The number of nitrogens with zero attached hydrogens (tertiary/aromatic N) is 1. The lowest BCUT2D eigenvalue weighted by atomic mass is 10.3. The average molecular weight is 239 g/mol. The van der Waals surface area contributed by atoms with E-state index in [-0.39, 0.29) is 6.04 Å². The van der Waals surface area contributed by atoms with Gasteiger partial charge in [0.15, 0.2) is 5.11 Å². The van der Waals surface area contributed by atoms with Crippen molar-refractivity contribution in [2.45, 2.75) is 19.9 Å². The van der Waals surface area contributed by atoms with Crippen LogP contribution in [0.5, 0.6) is 0 Å². The van der Waals surface area contributed by atoms with Crippen LogP contribution in [0.1, 0.15) is 12.6 Å². The number of pyridine rings is 1. The molecule has 1 unspecified atom stereocenters. The van der Waals surface area contributed by atoms with E-state index in [4.69, 9.17) is 17.0 Å². The zero-order valence-corrected chi connectivity index (χ0v) is 10.6. The topological polar surface area (TPSA) is 46.2 Å². The summed E-state index contributed by atoms with van der Waals surface area (Å²) in [4.78, 5) is 4.30. The van der Waals surface area contributed by atoms with Crippen LogP contribution in [0.25, 0.3) is 0 Å². The zero-order chi connectivity index (χ0) is 12.0. The first-order chi connectivity index (χ1) is 7.61. The molecule has 0 spiro atoms. The maximum absolute atomic E-state index is 5.15. The molecule has 0 aliphatic heterocycles. The molecule has 4 nitrogen and oxygen atoms in total. The van der Waals surface area contributed by atoms with Crippen LogP contribution in [0.15, 0.2) is 18.2 Å². The van der Waals surface area contributed by atoms with Crippen LogP contribution in [0, 0.1) is 6.92 Å². The summed E-state index contributed by atoms with van der Waals surface area (Å²) in [6.45, 7) is 4.55. The number of aromatic nitrogens is 1. The summed E-state index contributed by atoms with van der Waals surface area (Å²) < 4.78 is 5.01. The van der Waals surface area contributed by atoms with Crippen molar-refractivity contribution < 1.29 is 4.74 Å². The third kappa shape index (κ3) is 4.55. The molecule has 0 fully saturated rings. The normalized spacial score (nSPS) is 11.9. The monoisotopic (exact) mass is 239 g/mol. The number of methoxy groups -OCH3 is 1. The Balaban J connectivity index is 2.45. The molecule has 1 atom stereocenters. The van der Waals surface area contributed by atoms with Crippen LogP contribution in [0.3, 0.4) is 0 Å². The van der Waals surface area contributed by atoms with Crippen molar-refractivity contribution in [1.82, 2.24) is 10.3 Å². The second-order valence-corrected chi connectivity index (χ2v) is 4.03. The molecular formula is C11H17N3OS. The van der Waals surface area contributed by atoms with Gasteiger partial charge >= 0.3 is 0 Å². The second kappa shape index (κ2) is 6.40. The Kier molecular flexibility index (Phi) is 5.14. The number of aryl methyl sites for hydroxylation is 1. The second-order valence-electron chi connectivity index (χ2n) is 3.62. The summed E-state index contributed by atoms with van der Waals surface area (Å²) in [5, 5.41) is 6.69. The van der Waals surface area contributed by atoms with E-state index in [1.165, 1.54) is 0 Å². The van der Waals surface area contributed by atoms with Gasteiger partial charge in [0.05, 0.1) is 6.61 Å². The molecule has 0 saturated heterocycles. The fourth-order valence-corrected chi connectivity index (χ4v) is 1.59. The molecule has 1 rings (SSSR count). The van der Waals surface area contributed by atoms with Gasteiger partial charge in [-0.2, -0.15) is 0 Å². The molecular weight excluding hydrogens is 222 g/mol. The van der Waals surface area contributed by atoms with E-state index < -0.39 is 0 Å². The van der Waals surface area contributed by atoms with Crippen molar-refractivity contribution in [3.8, 4) is 0 Å². The molecule has 5 heteroatoms. The van der Waals surface area contributed by atoms with Crippen molar-refractivity contribution in [3.05, 3.63) is 23.9 Å². The molecule has 1 heterocycles. The van der Waals surface area contributed by atoms with Gasteiger partial charge in [-0.15, -0.1) is 0 Å². The molecule has 0 bridgehead atoms. The van der Waals surface area contributed by atoms with E-state index in [1.54, 1.807) is 7.11 Å². The first kappa shape index (κ1) is 12.9. The van der Waals surface area contributed by atoms with E-state index in [2.05, 4.69) is 15.6 Å². The molecule has 0 amide bonds. The average Bonchev–Trinajstić information content (AvgIpc) is 2.17. The summed E-state index contributed by atoms with van der Waals surface area (Å²) in [5.41, 5.74) is 0.956. The molecule has 2 N–H and O–H groups in total. The van der Waals surface area contributed by atoms with Crippen molar-refractivity contribution >= 4 is 23.1 Å². The lowest BCUT2D eigenvalue weighted by Crippen LogP contribution is -2.38. The molecule has 1 aromatic heterocycles. The Hall–Kier alpha value is -1.20. The van der Waals surface area contributed by atoms with Gasteiger partial charge < -0.3 is 15.4 Å². The third-order valence-electron chi connectivity index (χ3n) is 1.92. The van der Waals surface area contributed by atoms with Crippen LogP contribution < -0.4 is 10.6 Å². The Labute approximate surface area is 101 Å². The predicted octanol–water partition coefficient (Wildman–Crippen LogP) is 1.71. The van der Waals surface area contributed by atoms with E-state index in [1.807, 2.05) is 32.0 Å². The van der Waals surface area contributed by atoms with Crippen LogP contribution >= 0.6 is 12.2 Å². The maximum Gasteiger partial charge on any atom is 0.172 e. The Morgan fingerprint density at radius 3 is 2.94 bits per heavy atom. The van der Waals surface area contributed by atoms with Crippen LogP contribution in [-0.4, -0.2) is 29.9 Å². The highest BCUT2D eigenvalue weighted by Gasteiger charge is 2.04. The van der Waals surface area contributed by atoms with Crippen molar-refractivity contribution in [2.75, 3.05) is 19.0 Å². The number of rotatable bonds is 4. The first-order valence-corrected chi connectivity index (χ1v) is 5.52. The maximum atomic E-state index is 5.15. The summed E-state index contributed by atoms with van der Waals surface area (Å²) in [5.74, 6) is 0.752. The number of nitrogens with one attached hydrogen (secondary N) is 2. The molecule has 0 aliphatic carbocycles. The van der Waals surface area contributed by atoms with Crippen LogP contribution in [0.4, 0.5) is 5.82 Å². The lowest BCUT2D eigenvalue weighted by molar-refractivity contribution is 0.179. The smallest absolute Gasteiger partial charge is 0.172 e. The van der Waals surface area contributed by atoms with Gasteiger partial charge in [0.25, 0.3) is 0 Å². The number of hydrogen-bond acceptors (Lipinski definition) is 3. The number of ether oxygens (including phenoxy) is 1. The predicted molar refractivity (Wildman–Crippen MR) is 69.7 cm³/mol. The van der Waals surface area contributed by atoms with Crippen molar-refractivity contribution in [3.63, 3.8) is 0 Å². The highest BCUT2D eigenvalue weighted by Crippen LogP contribution is 2.03. The van der Waals surface area contributed by atoms with Crippen molar-refractivity contribution in [2.24, 2.45) is 0 Å². The molecule has 16 heavy (non-hydrogen) atoms. The SMILES string of the molecule is COCC(C)NC(=S)Nc1cccc(C)n1. The fourth-order valence-electron chi connectivity index (χ4n) is 1.28. The molecule has 0 radical (unpaired) electrons. The standard InChI is InChI=1S/C11H17N3OS/c1-8-5-4-6-10(12-8)14-11(16)13-9(2)7-15-3/h4-6,9H,7H2,1-3H3,(H2,12,13,14,16). The van der Waals surface area contributed by atoms with E-state index in [9.17, 15) is 0 Å². The Morgan fingerprint density at radius 1 is 1.56 bits per heavy atom. The highest BCUT2D eigenvalue weighted by atomic mass is 32.1. The van der Waals surface area contributed by atoms with E-state index in [0.29, 0.717) is 11.7 Å². The minimum absolute atomic E-state index is 0.176. The van der Waals surface area contributed by atoms with Gasteiger partial charge in [-0.05, 0) is 38.2 Å². The molecule has 88 valence electrons. The quantitative estimate of drug-likeness (QED) is 0.783. The minimum Gasteiger partial charge on any atom is -0.383 e. The molecule has 0 aromatic carbocycles. The van der Waals surface area contributed by atoms with Gasteiger partial charge in [-0.3, -0.25) is 0 Å². The summed E-state index contributed by atoms with van der Waals surface area (Å²) in [6, 6.07) is 5.93. The van der Waals surface area contributed by atoms with Gasteiger partial charge in [0, 0.05) is 18.8 Å². The first-order valence-electron chi connectivity index (χ1n) is 5.12. The van der Waals surface area contributed by atoms with Gasteiger partial charge in [0.1, 0.15) is 5.82 Å². The zero-order valence-electron chi connectivity index (χ0n) is 9.78. The third-order valence-corrected chi connectivity index (χ3v) is 2.14. The van der Waals surface area contributed by atoms with Gasteiger partial charge in [-0.25, -0.2) is 4.98 Å². The van der Waals surface area contributed by atoms with E-state index in [0.717, 1.165) is 11.5 Å². The highest BCUT2D eigenvalue weighted by molar-refractivity contribution is 7.80. The van der Waals surface area contributed by atoms with Gasteiger partial charge in [-0.1, -0.05) is 6.07 Å². The molecule has 0 aliphatic rings. The molecule has 0 saturated carbocycles. The summed E-state index contributed by atoms with van der Waals surface area (Å²) in [6.07, 6.45) is 0. The van der Waals surface area contributed by atoms with Gasteiger partial charge in [0.2, 0.25) is 0 Å². The fraction of sp³-hybridized carbons (Fsp3) is 0.455. The number of anilines is 1. The number of thiocarbonyl (C=S) groups is 1. The Bertz CT molecular complexity index is 357. The Morgan fingerprint density at radius 2 is 2.31 bits per heavy atom. The molecule has 1 aromatic rings. The van der Waals surface area contributed by atoms with E-state index >= 15 is 0 Å². The van der Waals surface area contributed by atoms with Crippen LogP contribution in [-0.2, 0) is 4.74 Å². The number of hydrogen-bond donors (Lipinski definition) is 2. The van der Waals surface area contributed by atoms with Crippen LogP contribution in [0.2, 0.25) is 0 Å². The largest absolute Gasteiger partial charge is 0.383 e. The summed E-state index contributed by atoms with van der Waals surface area (Å²) in [7, 11) is 1.66.